The van der Waals surface area contributed by atoms with Crippen molar-refractivity contribution in [2.75, 3.05) is 26.2 Å². The van der Waals surface area contributed by atoms with Crippen LogP contribution in [-0.2, 0) is 24.4 Å². The van der Waals surface area contributed by atoms with E-state index >= 15 is 0 Å². The van der Waals surface area contributed by atoms with Gasteiger partial charge in [-0.1, -0.05) is 37.3 Å². The Morgan fingerprint density at radius 1 is 1.10 bits per heavy atom. The number of fused-ring (bicyclic) bond motifs is 1. The Morgan fingerprint density at radius 2 is 1.76 bits per heavy atom. The average Bonchev–Trinajstić information content (AvgIpc) is 3.81. The standard InChI is InChI=1S/C29H40N6O6S/c1-2-20(28(38)39)18-35(23-8-9-23)27(37)25(16-26(36)32-17-19-11-13-34(14-12-19)29(30)31)33-42(40,41)24-10-7-21-5-3-4-6-22(21)15-24/h3-7,10,15,19-20,23,25,33H,2,8-9,11-14,16-18H2,1H3,(H3,30,31)(H,32,36)(H,38,39)/t20-,25?/m0/s1. The molecule has 6 N–H and O–H groups in total. The normalized spacial score (nSPS) is 17.4. The van der Waals surface area contributed by atoms with Crippen molar-refractivity contribution in [3.05, 3.63) is 42.5 Å². The molecule has 1 unspecified atom stereocenters. The monoisotopic (exact) mass is 600 g/mol. The molecule has 13 heteroatoms. The average molecular weight is 601 g/mol. The Morgan fingerprint density at radius 3 is 2.36 bits per heavy atom. The molecule has 4 rings (SSSR count). The summed E-state index contributed by atoms with van der Waals surface area (Å²) in [5.41, 5.74) is 5.56. The van der Waals surface area contributed by atoms with Crippen molar-refractivity contribution in [1.82, 2.24) is 19.8 Å². The first-order chi connectivity index (χ1) is 20.0. The van der Waals surface area contributed by atoms with Crippen molar-refractivity contribution >= 4 is 44.5 Å². The van der Waals surface area contributed by atoms with Crippen molar-refractivity contribution in [2.45, 2.75) is 62.4 Å². The van der Waals surface area contributed by atoms with Crippen LogP contribution >= 0.6 is 0 Å². The summed E-state index contributed by atoms with van der Waals surface area (Å²) < 4.78 is 29.5. The fourth-order valence-electron chi connectivity index (χ4n) is 5.29. The molecule has 2 atom stereocenters. The third kappa shape index (κ3) is 7.97. The molecule has 2 amide bonds. The molecule has 1 aliphatic heterocycles. The van der Waals surface area contributed by atoms with Crippen LogP contribution in [0.1, 0.15) is 45.4 Å². The zero-order valence-corrected chi connectivity index (χ0v) is 24.6. The first-order valence-electron chi connectivity index (χ1n) is 14.4. The molecule has 0 bridgehead atoms. The quantitative estimate of drug-likeness (QED) is 0.170. The van der Waals surface area contributed by atoms with Gasteiger partial charge in [0.05, 0.1) is 17.2 Å². The minimum absolute atomic E-state index is 0.0194. The van der Waals surface area contributed by atoms with Crippen molar-refractivity contribution in [1.29, 1.82) is 5.41 Å². The number of rotatable bonds is 13. The number of aliphatic carboxylic acids is 1. The van der Waals surface area contributed by atoms with Gasteiger partial charge in [-0.15, -0.1) is 0 Å². The third-order valence-electron chi connectivity index (χ3n) is 8.09. The first-order valence-corrected chi connectivity index (χ1v) is 15.9. The van der Waals surface area contributed by atoms with Crippen LogP contribution in [0.5, 0.6) is 0 Å². The number of carboxylic acid groups (broad SMARTS) is 1. The highest BCUT2D eigenvalue weighted by Gasteiger charge is 2.40. The van der Waals surface area contributed by atoms with Gasteiger partial charge in [0.25, 0.3) is 0 Å². The SMILES string of the molecule is CC[C@@H](CN(C(=O)C(CC(=O)NCC1CCN(C(=N)N)CC1)NS(=O)(=O)c1ccc2ccccc2c1)C1CC1)C(=O)O. The maximum absolute atomic E-state index is 13.9. The summed E-state index contributed by atoms with van der Waals surface area (Å²) in [6.45, 7) is 3.25. The number of nitrogens with two attached hydrogens (primary N) is 1. The van der Waals surface area contributed by atoms with Gasteiger partial charge < -0.3 is 26.0 Å². The van der Waals surface area contributed by atoms with Crippen LogP contribution in [-0.4, -0.2) is 85.3 Å². The lowest BCUT2D eigenvalue weighted by Crippen LogP contribution is -2.52. The number of carbonyl (C=O) groups is 3. The second kappa shape index (κ2) is 13.5. The Kier molecular flexibility index (Phi) is 10.0. The van der Waals surface area contributed by atoms with Gasteiger partial charge >= 0.3 is 5.97 Å². The number of sulfonamides is 1. The number of carboxylic acids is 1. The van der Waals surface area contributed by atoms with Crippen molar-refractivity contribution in [2.24, 2.45) is 17.6 Å². The molecule has 0 radical (unpaired) electrons. The van der Waals surface area contributed by atoms with Crippen molar-refractivity contribution in [3.8, 4) is 0 Å². The van der Waals surface area contributed by atoms with E-state index in [1.54, 1.807) is 30.0 Å². The molecular weight excluding hydrogens is 560 g/mol. The molecule has 1 heterocycles. The number of carbonyl (C=O) groups excluding carboxylic acids is 2. The van der Waals surface area contributed by atoms with E-state index in [-0.39, 0.29) is 29.4 Å². The van der Waals surface area contributed by atoms with Crippen LogP contribution in [0.15, 0.2) is 47.4 Å². The van der Waals surface area contributed by atoms with E-state index in [4.69, 9.17) is 11.1 Å². The van der Waals surface area contributed by atoms with Crippen LogP contribution in [0.4, 0.5) is 0 Å². The third-order valence-corrected chi connectivity index (χ3v) is 9.56. The Balaban J connectivity index is 1.51. The highest BCUT2D eigenvalue weighted by molar-refractivity contribution is 7.89. The van der Waals surface area contributed by atoms with E-state index in [0.29, 0.717) is 44.3 Å². The number of hydrogen-bond acceptors (Lipinski definition) is 6. The summed E-state index contributed by atoms with van der Waals surface area (Å²) in [6, 6.07) is 10.4. The number of nitrogens with zero attached hydrogens (tertiary/aromatic N) is 2. The summed E-state index contributed by atoms with van der Waals surface area (Å²) in [4.78, 5) is 41.9. The summed E-state index contributed by atoms with van der Waals surface area (Å²) >= 11 is 0. The number of piperidine rings is 1. The minimum Gasteiger partial charge on any atom is -0.481 e. The van der Waals surface area contributed by atoms with E-state index in [0.717, 1.165) is 18.2 Å². The van der Waals surface area contributed by atoms with Crippen molar-refractivity contribution < 1.29 is 27.9 Å². The van der Waals surface area contributed by atoms with Gasteiger partial charge in [-0.25, -0.2) is 8.42 Å². The van der Waals surface area contributed by atoms with E-state index < -0.39 is 46.2 Å². The van der Waals surface area contributed by atoms with Crippen LogP contribution in [0.25, 0.3) is 10.8 Å². The number of amides is 2. The number of likely N-dealkylation sites (tertiary alicyclic amines) is 1. The predicted molar refractivity (Wildman–Crippen MR) is 158 cm³/mol. The van der Waals surface area contributed by atoms with Gasteiger partial charge in [0.2, 0.25) is 21.8 Å². The van der Waals surface area contributed by atoms with Gasteiger partial charge in [-0.05, 0) is 60.9 Å². The minimum atomic E-state index is -4.21. The Hall–Kier alpha value is -3.71. The van der Waals surface area contributed by atoms with Gasteiger partial charge in [-0.3, -0.25) is 19.8 Å². The fraction of sp³-hybridized carbons (Fsp3) is 0.517. The molecule has 1 saturated heterocycles. The number of nitrogens with one attached hydrogen (secondary N) is 3. The largest absolute Gasteiger partial charge is 0.481 e. The number of hydrogen-bond donors (Lipinski definition) is 5. The predicted octanol–water partition coefficient (Wildman–Crippen LogP) is 1.70. The van der Waals surface area contributed by atoms with Gasteiger partial charge in [-0.2, -0.15) is 4.72 Å². The number of guanidine groups is 1. The molecule has 2 fully saturated rings. The molecule has 42 heavy (non-hydrogen) atoms. The highest BCUT2D eigenvalue weighted by Crippen LogP contribution is 2.29. The van der Waals surface area contributed by atoms with E-state index in [2.05, 4.69) is 10.0 Å². The maximum Gasteiger partial charge on any atom is 0.308 e. The van der Waals surface area contributed by atoms with Crippen molar-refractivity contribution in [3.63, 3.8) is 0 Å². The van der Waals surface area contributed by atoms with E-state index in [1.807, 2.05) is 12.1 Å². The Bertz CT molecular complexity index is 1420. The molecule has 228 valence electrons. The van der Waals surface area contributed by atoms with Crippen LogP contribution in [0, 0.1) is 17.2 Å². The lowest BCUT2D eigenvalue weighted by molar-refractivity contribution is -0.145. The molecule has 1 saturated carbocycles. The molecule has 12 nitrogen and oxygen atoms in total. The topological polar surface area (TPSA) is 186 Å². The zero-order valence-electron chi connectivity index (χ0n) is 23.8. The molecule has 0 spiro atoms. The zero-order chi connectivity index (χ0) is 30.4. The van der Waals surface area contributed by atoms with E-state index in [9.17, 15) is 27.9 Å². The molecule has 1 aliphatic carbocycles. The van der Waals surface area contributed by atoms with Crippen LogP contribution < -0.4 is 15.8 Å². The molecule has 2 aromatic rings. The molecular formula is C29H40N6O6S. The smallest absolute Gasteiger partial charge is 0.308 e. The van der Waals surface area contributed by atoms with Gasteiger partial charge in [0.15, 0.2) is 5.96 Å². The summed E-state index contributed by atoms with van der Waals surface area (Å²) in [5.74, 6) is -2.74. The summed E-state index contributed by atoms with van der Waals surface area (Å²) in [7, 11) is -4.21. The number of benzene rings is 2. The first kappa shape index (κ1) is 31.2. The van der Waals surface area contributed by atoms with Crippen LogP contribution in [0.3, 0.4) is 0 Å². The van der Waals surface area contributed by atoms with E-state index in [1.165, 1.54) is 17.0 Å². The lowest BCUT2D eigenvalue weighted by Gasteiger charge is -2.32. The fourth-order valence-corrected chi connectivity index (χ4v) is 6.51. The lowest BCUT2D eigenvalue weighted by atomic mass is 9.97. The van der Waals surface area contributed by atoms with Crippen LogP contribution in [0.2, 0.25) is 0 Å². The molecule has 2 aromatic carbocycles. The molecule has 0 aromatic heterocycles. The molecule has 2 aliphatic rings. The summed E-state index contributed by atoms with van der Waals surface area (Å²) in [6.07, 6.45) is 2.74. The highest BCUT2D eigenvalue weighted by atomic mass is 32.2. The second-order valence-corrected chi connectivity index (χ2v) is 12.9. The summed E-state index contributed by atoms with van der Waals surface area (Å²) in [5, 5.41) is 21.6. The van der Waals surface area contributed by atoms with Gasteiger partial charge in [0, 0.05) is 32.2 Å². The van der Waals surface area contributed by atoms with Gasteiger partial charge in [0.1, 0.15) is 6.04 Å². The Labute approximate surface area is 246 Å². The second-order valence-electron chi connectivity index (χ2n) is 11.2. The maximum atomic E-state index is 13.9.